The van der Waals surface area contributed by atoms with Gasteiger partial charge in [0.25, 0.3) is 0 Å². The minimum atomic E-state index is -0.773. The van der Waals surface area contributed by atoms with Crippen molar-refractivity contribution in [2.24, 2.45) is 0 Å². The van der Waals surface area contributed by atoms with Crippen LogP contribution in [0.5, 0.6) is 0 Å². The number of rotatable bonds is 4. The molecule has 0 saturated carbocycles. The Labute approximate surface area is 118 Å². The summed E-state index contributed by atoms with van der Waals surface area (Å²) >= 11 is 0. The van der Waals surface area contributed by atoms with Gasteiger partial charge in [0.2, 0.25) is 5.82 Å². The van der Waals surface area contributed by atoms with Crippen molar-refractivity contribution in [1.82, 2.24) is 4.90 Å². The van der Waals surface area contributed by atoms with Crippen LogP contribution in [0.15, 0.2) is 18.2 Å². The van der Waals surface area contributed by atoms with Crippen molar-refractivity contribution >= 4 is 11.4 Å². The topological polar surface area (TPSA) is 49.6 Å². The fourth-order valence-electron chi connectivity index (χ4n) is 2.79. The second-order valence-electron chi connectivity index (χ2n) is 5.14. The lowest BCUT2D eigenvalue weighted by Crippen LogP contribution is -2.43. The van der Waals surface area contributed by atoms with Crippen molar-refractivity contribution in [1.29, 1.82) is 0 Å². The van der Waals surface area contributed by atoms with Gasteiger partial charge in [-0.3, -0.25) is 10.1 Å². The highest BCUT2D eigenvalue weighted by atomic mass is 19.1. The van der Waals surface area contributed by atoms with Crippen LogP contribution < -0.4 is 4.90 Å². The molecule has 110 valence electrons. The summed E-state index contributed by atoms with van der Waals surface area (Å²) in [5.41, 5.74) is -0.0575. The fraction of sp³-hybridized carbons (Fsp3) is 0.571. The number of nitrogens with zero attached hydrogens (tertiary/aromatic N) is 3. The van der Waals surface area contributed by atoms with Gasteiger partial charge in [0.15, 0.2) is 0 Å². The van der Waals surface area contributed by atoms with Crippen LogP contribution in [0, 0.1) is 15.9 Å². The molecule has 0 aliphatic carbocycles. The van der Waals surface area contributed by atoms with Gasteiger partial charge in [-0.25, -0.2) is 0 Å². The first-order valence-electron chi connectivity index (χ1n) is 6.92. The van der Waals surface area contributed by atoms with Crippen molar-refractivity contribution < 1.29 is 9.31 Å². The number of piperidine rings is 1. The highest BCUT2D eigenvalue weighted by Gasteiger charge is 2.28. The van der Waals surface area contributed by atoms with Crippen LogP contribution in [0.1, 0.15) is 19.8 Å². The van der Waals surface area contributed by atoms with E-state index in [1.165, 1.54) is 6.07 Å². The molecule has 1 heterocycles. The third-order valence-electron chi connectivity index (χ3n) is 4.08. The van der Waals surface area contributed by atoms with Gasteiger partial charge in [-0.05, 0) is 31.5 Å². The molecule has 0 bridgehead atoms. The number of nitro benzene ring substituents is 1. The fourth-order valence-corrected chi connectivity index (χ4v) is 2.79. The predicted molar refractivity (Wildman–Crippen MR) is 76.6 cm³/mol. The lowest BCUT2D eigenvalue weighted by molar-refractivity contribution is -0.386. The average molecular weight is 281 g/mol. The van der Waals surface area contributed by atoms with Crippen molar-refractivity contribution in [2.45, 2.75) is 25.8 Å². The molecular formula is C14H20FN3O2. The van der Waals surface area contributed by atoms with Crippen LogP contribution in [0.2, 0.25) is 0 Å². The molecule has 6 heteroatoms. The minimum absolute atomic E-state index is 0.221. The Balaban J connectivity index is 2.20. The van der Waals surface area contributed by atoms with Crippen molar-refractivity contribution in [2.75, 3.05) is 31.6 Å². The molecule has 1 aliphatic heterocycles. The maximum absolute atomic E-state index is 13.7. The van der Waals surface area contributed by atoms with E-state index in [0.717, 1.165) is 38.5 Å². The van der Waals surface area contributed by atoms with E-state index in [0.29, 0.717) is 5.69 Å². The average Bonchev–Trinajstić information content (AvgIpc) is 2.46. The van der Waals surface area contributed by atoms with Gasteiger partial charge in [-0.2, -0.15) is 4.39 Å². The van der Waals surface area contributed by atoms with E-state index in [4.69, 9.17) is 0 Å². The molecule has 5 nitrogen and oxygen atoms in total. The normalized spacial score (nSPS) is 17.1. The Hall–Kier alpha value is -1.69. The molecule has 1 saturated heterocycles. The molecule has 1 aliphatic rings. The van der Waals surface area contributed by atoms with Crippen LogP contribution in [-0.4, -0.2) is 42.5 Å². The predicted octanol–water partition coefficient (Wildman–Crippen LogP) is 2.65. The Morgan fingerprint density at radius 2 is 2.10 bits per heavy atom. The molecule has 0 atom stereocenters. The first kappa shape index (κ1) is 14.7. The number of para-hydroxylation sites is 1. The van der Waals surface area contributed by atoms with Crippen LogP contribution in [0.25, 0.3) is 0 Å². The molecule has 0 aromatic heterocycles. The molecule has 0 unspecified atom stereocenters. The second kappa shape index (κ2) is 6.17. The first-order valence-corrected chi connectivity index (χ1v) is 6.92. The quantitative estimate of drug-likeness (QED) is 0.629. The summed E-state index contributed by atoms with van der Waals surface area (Å²) in [6.07, 6.45) is 1.88. The van der Waals surface area contributed by atoms with Gasteiger partial charge in [0.05, 0.1) is 4.92 Å². The molecule has 1 fully saturated rings. The zero-order valence-electron chi connectivity index (χ0n) is 11.9. The van der Waals surface area contributed by atoms with E-state index >= 15 is 0 Å². The zero-order valence-corrected chi connectivity index (χ0v) is 11.9. The summed E-state index contributed by atoms with van der Waals surface area (Å²) in [7, 11) is 1.81. The Bertz CT molecular complexity index is 487. The molecule has 1 aromatic carbocycles. The number of benzene rings is 1. The molecule has 0 spiro atoms. The summed E-state index contributed by atoms with van der Waals surface area (Å²) in [6.45, 7) is 5.11. The van der Waals surface area contributed by atoms with Gasteiger partial charge >= 0.3 is 5.69 Å². The van der Waals surface area contributed by atoms with Crippen molar-refractivity contribution in [3.8, 4) is 0 Å². The summed E-state index contributed by atoms with van der Waals surface area (Å²) in [4.78, 5) is 14.6. The smallest absolute Gasteiger partial charge is 0.327 e. The number of nitro groups is 1. The monoisotopic (exact) mass is 281 g/mol. The summed E-state index contributed by atoms with van der Waals surface area (Å²) < 4.78 is 13.7. The van der Waals surface area contributed by atoms with Crippen LogP contribution in [0.3, 0.4) is 0 Å². The van der Waals surface area contributed by atoms with E-state index < -0.39 is 16.4 Å². The van der Waals surface area contributed by atoms with Gasteiger partial charge in [-0.15, -0.1) is 0 Å². The third-order valence-corrected chi connectivity index (χ3v) is 4.08. The third kappa shape index (κ3) is 2.90. The number of anilines is 1. The van der Waals surface area contributed by atoms with Gasteiger partial charge in [-0.1, -0.05) is 13.0 Å². The Morgan fingerprint density at radius 1 is 1.45 bits per heavy atom. The molecule has 0 N–H and O–H groups in total. The molecule has 20 heavy (non-hydrogen) atoms. The summed E-state index contributed by atoms with van der Waals surface area (Å²) in [6, 6.07) is 4.50. The van der Waals surface area contributed by atoms with Gasteiger partial charge < -0.3 is 9.80 Å². The SMILES string of the molecule is CCN1CCC(N(C)c2cccc(F)c2[N+](=O)[O-])CC1. The minimum Gasteiger partial charge on any atom is -0.366 e. The number of hydrogen-bond donors (Lipinski definition) is 0. The van der Waals surface area contributed by atoms with Crippen molar-refractivity contribution in [3.63, 3.8) is 0 Å². The van der Waals surface area contributed by atoms with E-state index in [-0.39, 0.29) is 6.04 Å². The Morgan fingerprint density at radius 3 is 2.65 bits per heavy atom. The number of halogens is 1. The van der Waals surface area contributed by atoms with Crippen molar-refractivity contribution in [3.05, 3.63) is 34.1 Å². The lowest BCUT2D eigenvalue weighted by atomic mass is 10.0. The van der Waals surface area contributed by atoms with Crippen LogP contribution in [-0.2, 0) is 0 Å². The molecule has 2 rings (SSSR count). The largest absolute Gasteiger partial charge is 0.366 e. The Kier molecular flexibility index (Phi) is 4.54. The summed E-state index contributed by atoms with van der Waals surface area (Å²) in [5.74, 6) is -0.773. The lowest BCUT2D eigenvalue weighted by Gasteiger charge is -2.37. The molecule has 1 aromatic rings. The number of hydrogen-bond acceptors (Lipinski definition) is 4. The maximum Gasteiger partial charge on any atom is 0.327 e. The summed E-state index contributed by atoms with van der Waals surface area (Å²) in [5, 5.41) is 11.1. The van der Waals surface area contributed by atoms with Crippen LogP contribution >= 0.6 is 0 Å². The number of likely N-dealkylation sites (tertiary alicyclic amines) is 1. The van der Waals surface area contributed by atoms with Gasteiger partial charge in [0.1, 0.15) is 5.69 Å². The molecular weight excluding hydrogens is 261 g/mol. The van der Waals surface area contributed by atoms with E-state index in [2.05, 4.69) is 11.8 Å². The highest BCUT2D eigenvalue weighted by Crippen LogP contribution is 2.32. The standard InChI is InChI=1S/C14H20FN3O2/c1-3-17-9-7-11(8-10-17)16(2)13-6-4-5-12(15)14(13)18(19)20/h4-6,11H,3,7-10H2,1-2H3. The second-order valence-corrected chi connectivity index (χ2v) is 5.14. The molecule has 0 amide bonds. The van der Waals surface area contributed by atoms with Gasteiger partial charge in [0, 0.05) is 26.2 Å². The maximum atomic E-state index is 13.7. The zero-order chi connectivity index (χ0) is 14.7. The first-order chi connectivity index (χ1) is 9.54. The van der Waals surface area contributed by atoms with E-state index in [1.54, 1.807) is 6.07 Å². The highest BCUT2D eigenvalue weighted by molar-refractivity contribution is 5.64. The van der Waals surface area contributed by atoms with E-state index in [9.17, 15) is 14.5 Å². The molecule has 0 radical (unpaired) electrons. The van der Waals surface area contributed by atoms with E-state index in [1.807, 2.05) is 11.9 Å². The van der Waals surface area contributed by atoms with Crippen LogP contribution in [0.4, 0.5) is 15.8 Å².